The molecule has 22 heavy (non-hydrogen) atoms. The van der Waals surface area contributed by atoms with E-state index in [4.69, 9.17) is 17.0 Å². The van der Waals surface area contributed by atoms with Gasteiger partial charge in [-0.1, -0.05) is 0 Å². The molecule has 6 heteroatoms. The van der Waals surface area contributed by atoms with Gasteiger partial charge in [-0.05, 0) is 50.3 Å². The normalized spacial score (nSPS) is 10.6. The van der Waals surface area contributed by atoms with Gasteiger partial charge in [0.2, 0.25) is 0 Å². The average Bonchev–Trinajstić information content (AvgIpc) is 2.43. The lowest BCUT2D eigenvalue weighted by atomic mass is 10.2. The molecule has 0 aromatic heterocycles. The van der Waals surface area contributed by atoms with Crippen molar-refractivity contribution in [2.24, 2.45) is 0 Å². The van der Waals surface area contributed by atoms with E-state index >= 15 is 0 Å². The van der Waals surface area contributed by atoms with Crippen LogP contribution in [0.2, 0.25) is 0 Å². The quantitative estimate of drug-likeness (QED) is 0.398. The molecule has 0 radical (unpaired) electrons. The molecule has 0 saturated heterocycles. The molecular weight excluding hydrogens is 298 g/mol. The zero-order valence-corrected chi connectivity index (χ0v) is 14.5. The Labute approximate surface area is 138 Å². The monoisotopic (exact) mass is 324 g/mol. The largest absolute Gasteiger partial charge is 0.459 e. The summed E-state index contributed by atoms with van der Waals surface area (Å²) in [6, 6.07) is 7.08. The Morgan fingerprint density at radius 1 is 1.27 bits per heavy atom. The standard InChI is InChI=1S/C16H25N3O2S/c1-12(2)21-15(20)13-6-8-14(9-7-13)18-16(22)17-10-5-11-19(3)4/h6-9,12H,5,10-11H2,1-4H3,(H2,17,18,22)/p+1. The second-order valence-corrected chi connectivity index (χ2v) is 6.13. The molecule has 0 bridgehead atoms. The second-order valence-electron chi connectivity index (χ2n) is 5.72. The third kappa shape index (κ3) is 7.38. The topological polar surface area (TPSA) is 54.8 Å². The number of benzene rings is 1. The molecule has 1 rings (SSSR count). The van der Waals surface area contributed by atoms with Crippen LogP contribution in [-0.2, 0) is 4.74 Å². The van der Waals surface area contributed by atoms with Gasteiger partial charge < -0.3 is 20.3 Å². The maximum atomic E-state index is 11.7. The lowest BCUT2D eigenvalue weighted by molar-refractivity contribution is -0.858. The van der Waals surface area contributed by atoms with Crippen LogP contribution < -0.4 is 15.5 Å². The van der Waals surface area contributed by atoms with E-state index < -0.39 is 0 Å². The summed E-state index contributed by atoms with van der Waals surface area (Å²) < 4.78 is 5.14. The van der Waals surface area contributed by atoms with Crippen LogP contribution in [0.3, 0.4) is 0 Å². The molecule has 0 saturated carbocycles. The van der Waals surface area contributed by atoms with Gasteiger partial charge in [0.1, 0.15) is 0 Å². The Kier molecular flexibility index (Phi) is 7.84. The van der Waals surface area contributed by atoms with Crippen molar-refractivity contribution >= 4 is 29.0 Å². The van der Waals surface area contributed by atoms with Crippen molar-refractivity contribution in [3.05, 3.63) is 29.8 Å². The van der Waals surface area contributed by atoms with Crippen LogP contribution in [-0.4, -0.2) is 44.4 Å². The van der Waals surface area contributed by atoms with Gasteiger partial charge in [-0.2, -0.15) is 0 Å². The van der Waals surface area contributed by atoms with E-state index in [1.165, 1.54) is 4.90 Å². The van der Waals surface area contributed by atoms with Crippen LogP contribution in [0.1, 0.15) is 30.6 Å². The van der Waals surface area contributed by atoms with Gasteiger partial charge >= 0.3 is 5.97 Å². The summed E-state index contributed by atoms with van der Waals surface area (Å²) in [6.07, 6.45) is 0.940. The van der Waals surface area contributed by atoms with Gasteiger partial charge in [0, 0.05) is 18.7 Å². The van der Waals surface area contributed by atoms with E-state index in [2.05, 4.69) is 24.7 Å². The highest BCUT2D eigenvalue weighted by molar-refractivity contribution is 7.80. The molecule has 0 heterocycles. The summed E-state index contributed by atoms with van der Waals surface area (Å²) in [5.41, 5.74) is 1.38. The van der Waals surface area contributed by atoms with Gasteiger partial charge in [0.15, 0.2) is 5.11 Å². The summed E-state index contributed by atoms with van der Waals surface area (Å²) in [6.45, 7) is 5.60. The van der Waals surface area contributed by atoms with Gasteiger partial charge in [-0.25, -0.2) is 4.79 Å². The molecule has 5 nitrogen and oxygen atoms in total. The Balaban J connectivity index is 2.40. The summed E-state index contributed by atoms with van der Waals surface area (Å²) in [5, 5.41) is 6.85. The molecule has 0 spiro atoms. The van der Waals surface area contributed by atoms with Crippen molar-refractivity contribution in [3.63, 3.8) is 0 Å². The van der Waals surface area contributed by atoms with Gasteiger partial charge in [0.05, 0.1) is 32.3 Å². The number of ether oxygens (including phenoxy) is 1. The number of esters is 1. The second kappa shape index (κ2) is 9.38. The number of nitrogens with one attached hydrogen (secondary N) is 3. The van der Waals surface area contributed by atoms with Crippen LogP contribution in [0.4, 0.5) is 5.69 Å². The number of hydrogen-bond acceptors (Lipinski definition) is 3. The molecule has 0 fully saturated rings. The number of thiocarbonyl (C=S) groups is 1. The molecule has 0 amide bonds. The summed E-state index contributed by atoms with van der Waals surface area (Å²) >= 11 is 5.24. The van der Waals surface area contributed by atoms with E-state index in [0.717, 1.165) is 25.2 Å². The fraction of sp³-hybridized carbons (Fsp3) is 0.500. The molecule has 1 aromatic rings. The van der Waals surface area contributed by atoms with Crippen molar-refractivity contribution in [1.82, 2.24) is 5.32 Å². The Morgan fingerprint density at radius 3 is 2.45 bits per heavy atom. The fourth-order valence-corrected chi connectivity index (χ4v) is 2.01. The van der Waals surface area contributed by atoms with Crippen molar-refractivity contribution < 1.29 is 14.4 Å². The Hall–Kier alpha value is -1.66. The SMILES string of the molecule is CC(C)OC(=O)c1ccc(NC(=S)NCCC[NH+](C)C)cc1. The van der Waals surface area contributed by atoms with Crippen LogP contribution in [0.15, 0.2) is 24.3 Å². The number of hydrogen-bond donors (Lipinski definition) is 3. The minimum Gasteiger partial charge on any atom is -0.459 e. The zero-order chi connectivity index (χ0) is 16.5. The predicted octanol–water partition coefficient (Wildman–Crippen LogP) is 1.07. The van der Waals surface area contributed by atoms with E-state index in [9.17, 15) is 4.79 Å². The molecule has 0 aliphatic carbocycles. The smallest absolute Gasteiger partial charge is 0.338 e. The van der Waals surface area contributed by atoms with Crippen LogP contribution in [0.5, 0.6) is 0 Å². The molecule has 0 aliphatic heterocycles. The van der Waals surface area contributed by atoms with Gasteiger partial charge in [-0.3, -0.25) is 0 Å². The predicted molar refractivity (Wildman–Crippen MR) is 93.5 cm³/mol. The Morgan fingerprint density at radius 2 is 1.91 bits per heavy atom. The lowest BCUT2D eigenvalue weighted by Crippen LogP contribution is -3.05. The minimum absolute atomic E-state index is 0.119. The molecule has 1 aromatic carbocycles. The third-order valence-electron chi connectivity index (χ3n) is 2.86. The zero-order valence-electron chi connectivity index (χ0n) is 13.7. The highest BCUT2D eigenvalue weighted by Crippen LogP contribution is 2.11. The first-order chi connectivity index (χ1) is 10.4. The first kappa shape index (κ1) is 18.4. The fourth-order valence-electron chi connectivity index (χ4n) is 1.79. The van der Waals surface area contributed by atoms with Gasteiger partial charge in [-0.15, -0.1) is 0 Å². The average molecular weight is 324 g/mol. The maximum absolute atomic E-state index is 11.7. The highest BCUT2D eigenvalue weighted by atomic mass is 32.1. The van der Waals surface area contributed by atoms with E-state index in [0.29, 0.717) is 10.7 Å². The van der Waals surface area contributed by atoms with Gasteiger partial charge in [0.25, 0.3) is 0 Å². The van der Waals surface area contributed by atoms with Crippen LogP contribution in [0, 0.1) is 0 Å². The molecule has 0 aliphatic rings. The molecule has 3 N–H and O–H groups in total. The van der Waals surface area contributed by atoms with E-state index in [-0.39, 0.29) is 12.1 Å². The van der Waals surface area contributed by atoms with E-state index in [1.807, 2.05) is 26.0 Å². The molecule has 0 unspecified atom stereocenters. The van der Waals surface area contributed by atoms with Crippen LogP contribution in [0.25, 0.3) is 0 Å². The molecular formula is C16H26N3O2S+. The highest BCUT2D eigenvalue weighted by Gasteiger charge is 2.08. The van der Waals surface area contributed by atoms with E-state index in [1.54, 1.807) is 12.1 Å². The molecule has 122 valence electrons. The van der Waals surface area contributed by atoms with Crippen molar-refractivity contribution in [2.45, 2.75) is 26.4 Å². The summed E-state index contributed by atoms with van der Waals surface area (Å²) in [5.74, 6) is -0.312. The molecule has 0 atom stereocenters. The third-order valence-corrected chi connectivity index (χ3v) is 3.11. The number of carbonyl (C=O) groups excluding carboxylic acids is 1. The number of quaternary nitrogens is 1. The summed E-state index contributed by atoms with van der Waals surface area (Å²) in [4.78, 5) is 13.2. The summed E-state index contributed by atoms with van der Waals surface area (Å²) in [7, 11) is 4.25. The number of rotatable bonds is 7. The first-order valence-electron chi connectivity index (χ1n) is 7.53. The van der Waals surface area contributed by atoms with Crippen molar-refractivity contribution in [2.75, 3.05) is 32.5 Å². The minimum atomic E-state index is -0.312. The lowest BCUT2D eigenvalue weighted by Gasteiger charge is -2.12. The Bertz CT molecular complexity index is 487. The first-order valence-corrected chi connectivity index (χ1v) is 7.94. The maximum Gasteiger partial charge on any atom is 0.338 e. The number of anilines is 1. The van der Waals surface area contributed by atoms with Crippen molar-refractivity contribution in [1.29, 1.82) is 0 Å². The van der Waals surface area contributed by atoms with Crippen LogP contribution >= 0.6 is 12.2 Å². The van der Waals surface area contributed by atoms with Crippen molar-refractivity contribution in [3.8, 4) is 0 Å². The number of carbonyl (C=O) groups is 1.